The fourth-order valence-electron chi connectivity index (χ4n) is 5.39. The van der Waals surface area contributed by atoms with Crippen molar-refractivity contribution in [2.45, 2.75) is 45.1 Å². The molecule has 1 aliphatic rings. The highest BCUT2D eigenvalue weighted by molar-refractivity contribution is 5.74. The van der Waals surface area contributed by atoms with Crippen LogP contribution in [0, 0.1) is 5.92 Å². The van der Waals surface area contributed by atoms with Crippen LogP contribution in [0.25, 0.3) is 22.2 Å². The second-order valence-corrected chi connectivity index (χ2v) is 10.2. The van der Waals surface area contributed by atoms with Gasteiger partial charge in [-0.3, -0.25) is 0 Å². The molecule has 6 nitrogen and oxygen atoms in total. The van der Waals surface area contributed by atoms with Gasteiger partial charge in [-0.05, 0) is 46.0 Å². The van der Waals surface area contributed by atoms with Gasteiger partial charge in [0.05, 0.1) is 42.7 Å². The first-order chi connectivity index (χ1) is 19.1. The van der Waals surface area contributed by atoms with Crippen LogP contribution in [-0.4, -0.2) is 20.8 Å². The number of ether oxygens (including phenoxy) is 2. The Kier molecular flexibility index (Phi) is 7.26. The number of nitrogens with zero attached hydrogens (tertiary/aromatic N) is 2. The number of imidazole rings is 1. The zero-order valence-electron chi connectivity index (χ0n) is 22.0. The van der Waals surface area contributed by atoms with E-state index in [0.29, 0.717) is 13.1 Å². The Bertz CT molecular complexity index is 1550. The van der Waals surface area contributed by atoms with Crippen molar-refractivity contribution >= 4 is 11.0 Å². The minimum atomic E-state index is -0.520. The molecule has 1 aromatic heterocycles. The van der Waals surface area contributed by atoms with Gasteiger partial charge < -0.3 is 24.9 Å². The number of fused-ring (bicyclic) bond motifs is 1. The lowest BCUT2D eigenvalue weighted by Crippen LogP contribution is -2.39. The van der Waals surface area contributed by atoms with E-state index in [1.54, 1.807) is 0 Å². The maximum Gasteiger partial charge on any atom is 0.184 e. The molecule has 2 heterocycles. The monoisotopic (exact) mass is 519 g/mol. The number of nitrogens with two attached hydrogens (primary N) is 1. The number of aromatic nitrogens is 2. The quantitative estimate of drug-likeness (QED) is 0.270. The summed E-state index contributed by atoms with van der Waals surface area (Å²) < 4.78 is 15.5. The molecule has 0 saturated carbocycles. The van der Waals surface area contributed by atoms with Crippen molar-refractivity contribution in [1.82, 2.24) is 9.55 Å². The first kappa shape index (κ1) is 25.5. The number of hydrogen-bond donors (Lipinski definition) is 2. The van der Waals surface area contributed by atoms with Crippen LogP contribution in [0.2, 0.25) is 0 Å². The molecule has 4 atom stereocenters. The summed E-state index contributed by atoms with van der Waals surface area (Å²) in [7, 11) is 0. The van der Waals surface area contributed by atoms with Gasteiger partial charge >= 0.3 is 0 Å². The van der Waals surface area contributed by atoms with Crippen molar-refractivity contribution in [3.8, 4) is 11.1 Å². The van der Waals surface area contributed by atoms with Crippen molar-refractivity contribution in [1.29, 1.82) is 0 Å². The SMILES string of the molecule is C[C@@H]1[C@H](Cn2cnc3ccccc32)O[C@H](c2ccc(-c3cccc(CN)c3)cc2)O[C@@H]1c1ccc(CO)cc1. The molecule has 0 bridgehead atoms. The van der Waals surface area contributed by atoms with E-state index in [9.17, 15) is 5.11 Å². The van der Waals surface area contributed by atoms with E-state index in [2.05, 4.69) is 58.9 Å². The molecular weight excluding hydrogens is 486 g/mol. The zero-order valence-corrected chi connectivity index (χ0v) is 22.0. The normalized spacial score (nSPS) is 21.3. The molecule has 1 fully saturated rings. The average Bonchev–Trinajstić information content (AvgIpc) is 3.41. The summed E-state index contributed by atoms with van der Waals surface area (Å²) in [5.41, 5.74) is 14.2. The Morgan fingerprint density at radius 1 is 0.821 bits per heavy atom. The maximum absolute atomic E-state index is 9.52. The molecule has 0 aliphatic carbocycles. The van der Waals surface area contributed by atoms with Crippen LogP contribution in [0.15, 0.2) is 103 Å². The summed E-state index contributed by atoms with van der Waals surface area (Å²) in [4.78, 5) is 4.58. The molecule has 0 radical (unpaired) electrons. The fourth-order valence-corrected chi connectivity index (χ4v) is 5.39. The van der Waals surface area contributed by atoms with Crippen molar-refractivity contribution in [3.05, 3.63) is 126 Å². The predicted molar refractivity (Wildman–Crippen MR) is 152 cm³/mol. The minimum absolute atomic E-state index is 0.0178. The van der Waals surface area contributed by atoms with E-state index in [1.165, 1.54) is 0 Å². The maximum atomic E-state index is 9.52. The van der Waals surface area contributed by atoms with Crippen LogP contribution in [0.5, 0.6) is 0 Å². The molecule has 6 heteroatoms. The minimum Gasteiger partial charge on any atom is -0.392 e. The first-order valence-corrected chi connectivity index (χ1v) is 13.4. The number of para-hydroxylation sites is 2. The van der Waals surface area contributed by atoms with Gasteiger partial charge in [-0.15, -0.1) is 0 Å². The molecular formula is C33H33N3O3. The number of aliphatic hydroxyl groups is 1. The molecule has 0 spiro atoms. The first-order valence-electron chi connectivity index (χ1n) is 13.4. The van der Waals surface area contributed by atoms with Gasteiger partial charge in [-0.25, -0.2) is 4.98 Å². The summed E-state index contributed by atoms with van der Waals surface area (Å²) >= 11 is 0. The number of benzene rings is 4. The van der Waals surface area contributed by atoms with Crippen LogP contribution >= 0.6 is 0 Å². The Balaban J connectivity index is 1.31. The molecule has 4 aromatic carbocycles. The molecule has 1 saturated heterocycles. The van der Waals surface area contributed by atoms with Crippen molar-refractivity contribution in [3.63, 3.8) is 0 Å². The molecule has 3 N–H and O–H groups in total. The molecule has 39 heavy (non-hydrogen) atoms. The highest BCUT2D eigenvalue weighted by atomic mass is 16.7. The third-order valence-electron chi connectivity index (χ3n) is 7.71. The van der Waals surface area contributed by atoms with Crippen LogP contribution in [0.4, 0.5) is 0 Å². The average molecular weight is 520 g/mol. The third kappa shape index (κ3) is 5.24. The highest BCUT2D eigenvalue weighted by Gasteiger charge is 2.38. The van der Waals surface area contributed by atoms with E-state index < -0.39 is 6.29 Å². The lowest BCUT2D eigenvalue weighted by atomic mass is 9.90. The van der Waals surface area contributed by atoms with Gasteiger partial charge in [0.15, 0.2) is 6.29 Å². The van der Waals surface area contributed by atoms with Gasteiger partial charge in [-0.1, -0.05) is 85.8 Å². The summed E-state index contributed by atoms with van der Waals surface area (Å²) in [5, 5.41) is 9.52. The van der Waals surface area contributed by atoms with Gasteiger partial charge in [0, 0.05) is 18.0 Å². The Labute approximate surface area is 228 Å². The molecule has 0 unspecified atom stereocenters. The van der Waals surface area contributed by atoms with E-state index in [-0.39, 0.29) is 24.7 Å². The lowest BCUT2D eigenvalue weighted by Gasteiger charge is -2.41. The van der Waals surface area contributed by atoms with Crippen LogP contribution in [-0.2, 0) is 29.2 Å². The Hall–Kier alpha value is -3.81. The van der Waals surface area contributed by atoms with E-state index in [1.807, 2.05) is 60.9 Å². The number of hydrogen-bond acceptors (Lipinski definition) is 5. The summed E-state index contributed by atoms with van der Waals surface area (Å²) in [5.74, 6) is 0.0839. The summed E-state index contributed by atoms with van der Waals surface area (Å²) in [6, 6.07) is 32.9. The summed E-state index contributed by atoms with van der Waals surface area (Å²) in [6.45, 7) is 3.38. The molecule has 0 amide bonds. The Morgan fingerprint density at radius 2 is 1.59 bits per heavy atom. The lowest BCUT2D eigenvalue weighted by molar-refractivity contribution is -0.276. The van der Waals surface area contributed by atoms with Crippen molar-refractivity contribution < 1.29 is 14.6 Å². The van der Waals surface area contributed by atoms with E-state index in [4.69, 9.17) is 15.2 Å². The zero-order chi connectivity index (χ0) is 26.8. The number of aliphatic hydroxyl groups excluding tert-OH is 1. The van der Waals surface area contributed by atoms with Gasteiger partial charge in [0.2, 0.25) is 0 Å². The van der Waals surface area contributed by atoms with Gasteiger partial charge in [0.25, 0.3) is 0 Å². The van der Waals surface area contributed by atoms with Crippen LogP contribution < -0.4 is 5.73 Å². The van der Waals surface area contributed by atoms with Gasteiger partial charge in [0.1, 0.15) is 0 Å². The second-order valence-electron chi connectivity index (χ2n) is 10.2. The second kappa shape index (κ2) is 11.1. The standard InChI is InChI=1S/C33H33N3O3/c1-22-31(19-36-21-35-29-7-2-3-8-30(29)36)38-33(39-32(22)26-11-9-23(20-37)10-12-26)27-15-13-25(14-16-27)28-6-4-5-24(17-28)18-34/h2-17,21-22,31-33,37H,18-20,34H2,1H3/t22-,31+,32+,33+/m1/s1. The highest BCUT2D eigenvalue weighted by Crippen LogP contribution is 2.42. The summed E-state index contributed by atoms with van der Waals surface area (Å²) in [6.07, 6.45) is 1.09. The largest absolute Gasteiger partial charge is 0.392 e. The van der Waals surface area contributed by atoms with E-state index >= 15 is 0 Å². The topological polar surface area (TPSA) is 82.5 Å². The predicted octanol–water partition coefficient (Wildman–Crippen LogP) is 6.15. The number of rotatable bonds is 7. The van der Waals surface area contributed by atoms with E-state index in [0.717, 1.165) is 44.4 Å². The third-order valence-corrected chi connectivity index (χ3v) is 7.71. The molecule has 198 valence electrons. The van der Waals surface area contributed by atoms with Crippen molar-refractivity contribution in [2.24, 2.45) is 11.7 Å². The Morgan fingerprint density at radius 3 is 2.36 bits per heavy atom. The van der Waals surface area contributed by atoms with Crippen LogP contribution in [0.3, 0.4) is 0 Å². The molecule has 5 aromatic rings. The molecule has 6 rings (SSSR count). The van der Waals surface area contributed by atoms with Gasteiger partial charge in [-0.2, -0.15) is 0 Å². The molecule has 1 aliphatic heterocycles. The smallest absolute Gasteiger partial charge is 0.184 e. The van der Waals surface area contributed by atoms with Crippen LogP contribution in [0.1, 0.15) is 41.6 Å². The fraction of sp³-hybridized carbons (Fsp3) is 0.242. The van der Waals surface area contributed by atoms with Crippen molar-refractivity contribution in [2.75, 3.05) is 0 Å².